The first-order valence-electron chi connectivity index (χ1n) is 5.24. The number of hydrogen-bond acceptors (Lipinski definition) is 4. The number of nitrogens with zero attached hydrogens (tertiary/aromatic N) is 1. The average molecular weight is 226 g/mol. The topological polar surface area (TPSA) is 93.0 Å². The summed E-state index contributed by atoms with van der Waals surface area (Å²) in [6, 6.07) is 0. The van der Waals surface area contributed by atoms with Gasteiger partial charge in [0.2, 0.25) is 0 Å². The van der Waals surface area contributed by atoms with Crippen LogP contribution < -0.4 is 11.1 Å². The third kappa shape index (κ3) is 3.23. The van der Waals surface area contributed by atoms with Crippen molar-refractivity contribution in [3.63, 3.8) is 0 Å². The fourth-order valence-corrected chi connectivity index (χ4v) is 1.40. The molecule has 0 aliphatic carbocycles. The Bertz CT molecular complexity index is 329. The summed E-state index contributed by atoms with van der Waals surface area (Å²) in [5.41, 5.74) is 6.69. The fourth-order valence-electron chi connectivity index (χ4n) is 1.40. The molecule has 6 heteroatoms. The van der Waals surface area contributed by atoms with E-state index in [9.17, 15) is 4.79 Å². The number of carbonyl (C=O) groups is 1. The Kier molecular flexibility index (Phi) is 4.78. The molecule has 16 heavy (non-hydrogen) atoms. The van der Waals surface area contributed by atoms with E-state index in [0.29, 0.717) is 24.4 Å². The molecule has 0 atom stereocenters. The van der Waals surface area contributed by atoms with Crippen molar-refractivity contribution in [3.8, 4) is 0 Å². The number of nitrogen functional groups attached to an aromatic ring is 1. The standard InChI is InChI=1S/C10H18N4O2/c1-7-8(9(11)14-13-7)10(15)12-5-3-4-6-16-2/h3-6H2,1-2H3,(H,12,15)(H3,11,13,14). The van der Waals surface area contributed by atoms with Crippen LogP contribution in [-0.2, 0) is 4.74 Å². The van der Waals surface area contributed by atoms with E-state index in [-0.39, 0.29) is 11.7 Å². The number of aryl methyl sites for hydroxylation is 1. The van der Waals surface area contributed by atoms with Gasteiger partial charge in [-0.05, 0) is 19.8 Å². The first-order chi connectivity index (χ1) is 7.66. The van der Waals surface area contributed by atoms with Crippen LogP contribution in [0.2, 0.25) is 0 Å². The molecule has 1 rings (SSSR count). The van der Waals surface area contributed by atoms with Crippen LogP contribution in [0.4, 0.5) is 5.82 Å². The van der Waals surface area contributed by atoms with E-state index >= 15 is 0 Å². The van der Waals surface area contributed by atoms with Crippen molar-refractivity contribution in [1.82, 2.24) is 15.5 Å². The SMILES string of the molecule is COCCCCNC(=O)c1c(N)n[nH]c1C. The Labute approximate surface area is 94.5 Å². The molecule has 1 aromatic rings. The van der Waals surface area contributed by atoms with Gasteiger partial charge in [0, 0.05) is 26.0 Å². The van der Waals surface area contributed by atoms with Gasteiger partial charge in [-0.25, -0.2) is 0 Å². The van der Waals surface area contributed by atoms with Crippen LogP contribution in [-0.4, -0.2) is 36.4 Å². The van der Waals surface area contributed by atoms with Crippen molar-refractivity contribution in [2.24, 2.45) is 0 Å². The normalized spacial score (nSPS) is 10.4. The van der Waals surface area contributed by atoms with Crippen molar-refractivity contribution in [2.45, 2.75) is 19.8 Å². The maximum absolute atomic E-state index is 11.7. The quantitative estimate of drug-likeness (QED) is 0.614. The summed E-state index contributed by atoms with van der Waals surface area (Å²) >= 11 is 0. The maximum atomic E-state index is 11.7. The number of methoxy groups -OCH3 is 1. The predicted octanol–water partition coefficient (Wildman–Crippen LogP) is 0.457. The van der Waals surface area contributed by atoms with Crippen molar-refractivity contribution in [3.05, 3.63) is 11.3 Å². The monoisotopic (exact) mass is 226 g/mol. The van der Waals surface area contributed by atoms with Gasteiger partial charge in [0.15, 0.2) is 5.82 Å². The first kappa shape index (κ1) is 12.5. The Morgan fingerprint density at radius 1 is 1.56 bits per heavy atom. The zero-order chi connectivity index (χ0) is 12.0. The van der Waals surface area contributed by atoms with Gasteiger partial charge in [-0.15, -0.1) is 0 Å². The lowest BCUT2D eigenvalue weighted by Gasteiger charge is -2.04. The van der Waals surface area contributed by atoms with Crippen LogP contribution in [0, 0.1) is 6.92 Å². The summed E-state index contributed by atoms with van der Waals surface area (Å²) in [6.45, 7) is 3.10. The lowest BCUT2D eigenvalue weighted by Crippen LogP contribution is -2.25. The van der Waals surface area contributed by atoms with E-state index in [4.69, 9.17) is 10.5 Å². The highest BCUT2D eigenvalue weighted by Crippen LogP contribution is 2.11. The molecule has 0 spiro atoms. The number of hydrogen-bond donors (Lipinski definition) is 3. The Hall–Kier alpha value is -1.56. The van der Waals surface area contributed by atoms with Crippen LogP contribution in [0.1, 0.15) is 28.9 Å². The number of H-pyrrole nitrogens is 1. The maximum Gasteiger partial charge on any atom is 0.256 e. The molecule has 0 fully saturated rings. The number of amides is 1. The number of anilines is 1. The predicted molar refractivity (Wildman–Crippen MR) is 61.2 cm³/mol. The summed E-state index contributed by atoms with van der Waals surface area (Å²) < 4.78 is 4.91. The van der Waals surface area contributed by atoms with Crippen molar-refractivity contribution >= 4 is 11.7 Å². The zero-order valence-corrected chi connectivity index (χ0v) is 9.67. The number of ether oxygens (including phenoxy) is 1. The van der Waals surface area contributed by atoms with Gasteiger partial charge in [-0.3, -0.25) is 9.89 Å². The highest BCUT2D eigenvalue weighted by molar-refractivity contribution is 5.99. The van der Waals surface area contributed by atoms with E-state index < -0.39 is 0 Å². The van der Waals surface area contributed by atoms with E-state index in [1.165, 1.54) is 0 Å². The third-order valence-electron chi connectivity index (χ3n) is 2.26. The van der Waals surface area contributed by atoms with E-state index in [0.717, 1.165) is 12.8 Å². The second-order valence-electron chi connectivity index (χ2n) is 3.56. The van der Waals surface area contributed by atoms with Crippen molar-refractivity contribution in [2.75, 3.05) is 26.0 Å². The number of unbranched alkanes of at least 4 members (excludes halogenated alkanes) is 1. The number of rotatable bonds is 6. The van der Waals surface area contributed by atoms with E-state index in [1.807, 2.05) is 0 Å². The van der Waals surface area contributed by atoms with Crippen LogP contribution in [0.15, 0.2) is 0 Å². The molecule has 1 heterocycles. The van der Waals surface area contributed by atoms with Gasteiger partial charge >= 0.3 is 0 Å². The summed E-state index contributed by atoms with van der Waals surface area (Å²) in [6.07, 6.45) is 1.81. The van der Waals surface area contributed by atoms with Crippen LogP contribution in [0.3, 0.4) is 0 Å². The second-order valence-corrected chi connectivity index (χ2v) is 3.56. The lowest BCUT2D eigenvalue weighted by atomic mass is 10.2. The molecule has 0 aliphatic rings. The molecule has 6 nitrogen and oxygen atoms in total. The highest BCUT2D eigenvalue weighted by Gasteiger charge is 2.14. The minimum Gasteiger partial charge on any atom is -0.385 e. The van der Waals surface area contributed by atoms with E-state index in [2.05, 4.69) is 15.5 Å². The van der Waals surface area contributed by atoms with Crippen molar-refractivity contribution in [1.29, 1.82) is 0 Å². The summed E-state index contributed by atoms with van der Waals surface area (Å²) in [4.78, 5) is 11.7. The molecule has 0 unspecified atom stereocenters. The van der Waals surface area contributed by atoms with Crippen LogP contribution in [0.5, 0.6) is 0 Å². The largest absolute Gasteiger partial charge is 0.385 e. The fraction of sp³-hybridized carbons (Fsp3) is 0.600. The summed E-state index contributed by atoms with van der Waals surface area (Å²) in [5.74, 6) is 0.0630. The minimum absolute atomic E-state index is 0.179. The lowest BCUT2D eigenvalue weighted by molar-refractivity contribution is 0.0951. The first-order valence-corrected chi connectivity index (χ1v) is 5.24. The van der Waals surface area contributed by atoms with Gasteiger partial charge in [0.05, 0.1) is 0 Å². The molecular formula is C10H18N4O2. The number of aromatic nitrogens is 2. The number of nitrogens with one attached hydrogen (secondary N) is 2. The molecule has 0 aliphatic heterocycles. The molecule has 1 amide bonds. The summed E-state index contributed by atoms with van der Waals surface area (Å²) in [7, 11) is 1.66. The number of carbonyl (C=O) groups excluding carboxylic acids is 1. The number of aromatic amines is 1. The van der Waals surface area contributed by atoms with Crippen LogP contribution >= 0.6 is 0 Å². The molecule has 0 saturated carbocycles. The number of nitrogens with two attached hydrogens (primary N) is 1. The minimum atomic E-state index is -0.179. The molecular weight excluding hydrogens is 208 g/mol. The Morgan fingerprint density at radius 2 is 2.31 bits per heavy atom. The highest BCUT2D eigenvalue weighted by atomic mass is 16.5. The molecule has 90 valence electrons. The smallest absolute Gasteiger partial charge is 0.256 e. The molecule has 0 radical (unpaired) electrons. The zero-order valence-electron chi connectivity index (χ0n) is 9.67. The Morgan fingerprint density at radius 3 is 2.88 bits per heavy atom. The molecule has 0 saturated heterocycles. The van der Waals surface area contributed by atoms with Gasteiger partial charge < -0.3 is 15.8 Å². The van der Waals surface area contributed by atoms with Crippen LogP contribution in [0.25, 0.3) is 0 Å². The summed E-state index contributed by atoms with van der Waals surface area (Å²) in [5, 5.41) is 9.23. The second kappa shape index (κ2) is 6.12. The molecule has 0 bridgehead atoms. The molecule has 0 aromatic carbocycles. The molecule has 4 N–H and O–H groups in total. The van der Waals surface area contributed by atoms with E-state index in [1.54, 1.807) is 14.0 Å². The van der Waals surface area contributed by atoms with Gasteiger partial charge in [-0.1, -0.05) is 0 Å². The van der Waals surface area contributed by atoms with Gasteiger partial charge in [0.1, 0.15) is 5.56 Å². The van der Waals surface area contributed by atoms with Gasteiger partial charge in [0.25, 0.3) is 5.91 Å². The van der Waals surface area contributed by atoms with Crippen molar-refractivity contribution < 1.29 is 9.53 Å². The average Bonchev–Trinajstić information content (AvgIpc) is 2.58. The molecule has 1 aromatic heterocycles. The Balaban J connectivity index is 2.36. The third-order valence-corrected chi connectivity index (χ3v) is 2.26. The van der Waals surface area contributed by atoms with Gasteiger partial charge in [-0.2, -0.15) is 5.10 Å².